The number of hydrogen-bond donors (Lipinski definition) is 2. The van der Waals surface area contributed by atoms with Gasteiger partial charge in [0.15, 0.2) is 0 Å². The van der Waals surface area contributed by atoms with Crippen LogP contribution in [0.5, 0.6) is 11.5 Å². The zero-order valence-electron chi connectivity index (χ0n) is 11.6. The van der Waals surface area contributed by atoms with Crippen molar-refractivity contribution in [2.75, 3.05) is 26.4 Å². The Morgan fingerprint density at radius 2 is 1.14 bits per heavy atom. The van der Waals surface area contributed by atoms with E-state index in [4.69, 9.17) is 19.7 Å². The van der Waals surface area contributed by atoms with Gasteiger partial charge in [0.1, 0.15) is 24.7 Å². The summed E-state index contributed by atoms with van der Waals surface area (Å²) in [5.74, 6) is 1.46. The van der Waals surface area contributed by atoms with Crippen molar-refractivity contribution in [3.63, 3.8) is 0 Å². The molecule has 0 aliphatic carbocycles. The second kappa shape index (κ2) is 8.56. The van der Waals surface area contributed by atoms with Crippen molar-refractivity contribution in [3.8, 4) is 11.5 Å². The van der Waals surface area contributed by atoms with Crippen LogP contribution in [0.3, 0.4) is 0 Å². The fraction of sp³-hybridized carbons (Fsp3) is 0.250. The minimum Gasteiger partial charge on any atom is -0.490 e. The van der Waals surface area contributed by atoms with Gasteiger partial charge in [0.2, 0.25) is 0 Å². The Balaban J connectivity index is 2.18. The molecule has 0 amide bonds. The Bertz CT molecular complexity index is 510. The van der Waals surface area contributed by atoms with Gasteiger partial charge in [0, 0.05) is 0 Å². The Morgan fingerprint density at radius 3 is 1.57 bits per heavy atom. The molecule has 0 saturated heterocycles. The van der Waals surface area contributed by atoms with Crippen LogP contribution in [0.25, 0.3) is 0 Å². The molecule has 0 atom stereocenters. The van der Waals surface area contributed by atoms with E-state index >= 15 is 0 Å². The minimum atomic E-state index is -0.0187. The molecule has 112 valence electrons. The topological polar surface area (TPSA) is 58.9 Å². The molecule has 0 fully saturated rings. The van der Waals surface area contributed by atoms with Crippen LogP contribution in [0.15, 0.2) is 58.3 Å². The first kappa shape index (κ1) is 15.7. The minimum absolute atomic E-state index is 0.0187. The van der Waals surface area contributed by atoms with Crippen LogP contribution in [0.1, 0.15) is 0 Å². The molecule has 5 heteroatoms. The molecular formula is C16H18O4S. The predicted molar refractivity (Wildman–Crippen MR) is 82.2 cm³/mol. The van der Waals surface area contributed by atoms with E-state index in [9.17, 15) is 0 Å². The van der Waals surface area contributed by atoms with Gasteiger partial charge in [-0.15, -0.1) is 0 Å². The summed E-state index contributed by atoms with van der Waals surface area (Å²) in [5, 5.41) is 17.7. The quantitative estimate of drug-likeness (QED) is 0.785. The second-order valence-electron chi connectivity index (χ2n) is 4.14. The van der Waals surface area contributed by atoms with E-state index in [1.165, 1.54) is 11.8 Å². The van der Waals surface area contributed by atoms with Gasteiger partial charge in [-0.05, 0) is 24.3 Å². The number of aliphatic hydroxyl groups is 2. The highest BCUT2D eigenvalue weighted by molar-refractivity contribution is 7.99. The summed E-state index contributed by atoms with van der Waals surface area (Å²) in [5.41, 5.74) is 0. The largest absolute Gasteiger partial charge is 0.490 e. The van der Waals surface area contributed by atoms with Gasteiger partial charge in [-0.25, -0.2) is 0 Å². The number of para-hydroxylation sites is 2. The van der Waals surface area contributed by atoms with Gasteiger partial charge in [0.05, 0.1) is 23.0 Å². The average Bonchev–Trinajstić information content (AvgIpc) is 2.53. The lowest BCUT2D eigenvalue weighted by Gasteiger charge is -2.13. The van der Waals surface area contributed by atoms with E-state index in [0.717, 1.165) is 21.3 Å². The van der Waals surface area contributed by atoms with Crippen molar-refractivity contribution < 1.29 is 19.7 Å². The number of rotatable bonds is 8. The van der Waals surface area contributed by atoms with E-state index < -0.39 is 0 Å². The summed E-state index contributed by atoms with van der Waals surface area (Å²) < 4.78 is 11.1. The van der Waals surface area contributed by atoms with Gasteiger partial charge in [-0.2, -0.15) is 0 Å². The van der Waals surface area contributed by atoms with Gasteiger partial charge in [-0.1, -0.05) is 36.0 Å². The molecule has 0 aromatic heterocycles. The van der Waals surface area contributed by atoms with Gasteiger partial charge >= 0.3 is 0 Å². The first-order valence-electron chi connectivity index (χ1n) is 6.68. The van der Waals surface area contributed by atoms with Crippen LogP contribution in [0.2, 0.25) is 0 Å². The molecule has 0 radical (unpaired) electrons. The highest BCUT2D eigenvalue weighted by Crippen LogP contribution is 2.39. The van der Waals surface area contributed by atoms with Crippen molar-refractivity contribution >= 4 is 11.8 Å². The third kappa shape index (κ3) is 4.67. The van der Waals surface area contributed by atoms with E-state index in [2.05, 4.69) is 0 Å². The molecule has 0 bridgehead atoms. The van der Waals surface area contributed by atoms with E-state index in [1.807, 2.05) is 48.5 Å². The molecule has 0 spiro atoms. The molecule has 0 aliphatic rings. The molecule has 2 rings (SSSR count). The molecule has 0 heterocycles. The SMILES string of the molecule is OCCOc1ccccc1Sc1ccccc1OCCO. The molecule has 4 nitrogen and oxygen atoms in total. The zero-order chi connectivity index (χ0) is 14.9. The van der Waals surface area contributed by atoms with E-state index in [-0.39, 0.29) is 26.4 Å². The molecule has 0 unspecified atom stereocenters. The van der Waals surface area contributed by atoms with Crippen molar-refractivity contribution in [1.29, 1.82) is 0 Å². The molecule has 21 heavy (non-hydrogen) atoms. The van der Waals surface area contributed by atoms with Gasteiger partial charge in [0.25, 0.3) is 0 Å². The molecular weight excluding hydrogens is 288 g/mol. The zero-order valence-corrected chi connectivity index (χ0v) is 12.4. The summed E-state index contributed by atoms with van der Waals surface area (Å²) in [6.07, 6.45) is 0. The summed E-state index contributed by atoms with van der Waals surface area (Å²) in [6.45, 7) is 0.491. The van der Waals surface area contributed by atoms with Crippen molar-refractivity contribution in [1.82, 2.24) is 0 Å². The highest BCUT2D eigenvalue weighted by Gasteiger charge is 2.09. The average molecular weight is 306 g/mol. The van der Waals surface area contributed by atoms with Crippen molar-refractivity contribution in [2.45, 2.75) is 9.79 Å². The van der Waals surface area contributed by atoms with Crippen LogP contribution in [0, 0.1) is 0 Å². The maximum Gasteiger partial charge on any atom is 0.133 e. The van der Waals surface area contributed by atoms with Crippen LogP contribution < -0.4 is 9.47 Å². The normalized spacial score (nSPS) is 10.4. The molecule has 2 aromatic carbocycles. The summed E-state index contributed by atoms with van der Waals surface area (Å²) in [4.78, 5) is 1.90. The van der Waals surface area contributed by atoms with E-state index in [1.54, 1.807) is 0 Å². The number of hydrogen-bond acceptors (Lipinski definition) is 5. The number of benzene rings is 2. The molecule has 2 aromatic rings. The van der Waals surface area contributed by atoms with Crippen LogP contribution in [0.4, 0.5) is 0 Å². The van der Waals surface area contributed by atoms with Gasteiger partial charge in [-0.3, -0.25) is 0 Å². The third-order valence-corrected chi connectivity index (χ3v) is 3.73. The lowest BCUT2D eigenvalue weighted by molar-refractivity contribution is 0.198. The summed E-state index contributed by atoms with van der Waals surface area (Å²) in [7, 11) is 0. The fourth-order valence-corrected chi connectivity index (χ4v) is 2.72. The Morgan fingerprint density at radius 1 is 0.714 bits per heavy atom. The molecule has 0 saturated carbocycles. The lowest BCUT2D eigenvalue weighted by Crippen LogP contribution is -2.03. The Labute approximate surface area is 128 Å². The summed E-state index contributed by atoms with van der Waals surface area (Å²) in [6, 6.07) is 15.3. The lowest BCUT2D eigenvalue weighted by atomic mass is 10.3. The first-order chi connectivity index (χ1) is 10.3. The maximum absolute atomic E-state index is 8.87. The smallest absolute Gasteiger partial charge is 0.133 e. The molecule has 2 N–H and O–H groups in total. The standard InChI is InChI=1S/C16H18O4S/c17-9-11-19-13-5-1-3-7-15(13)21-16-8-4-2-6-14(16)20-12-10-18/h1-8,17-18H,9-12H2. The van der Waals surface area contributed by atoms with Crippen LogP contribution in [-0.4, -0.2) is 36.6 Å². The Kier molecular flexibility index (Phi) is 6.40. The molecule has 0 aliphatic heterocycles. The monoisotopic (exact) mass is 306 g/mol. The van der Waals surface area contributed by atoms with Crippen molar-refractivity contribution in [3.05, 3.63) is 48.5 Å². The highest BCUT2D eigenvalue weighted by atomic mass is 32.2. The summed E-state index contributed by atoms with van der Waals surface area (Å²) >= 11 is 1.53. The van der Waals surface area contributed by atoms with Crippen LogP contribution >= 0.6 is 11.8 Å². The third-order valence-electron chi connectivity index (χ3n) is 2.62. The maximum atomic E-state index is 8.87. The second-order valence-corrected chi connectivity index (χ2v) is 5.22. The number of aliphatic hydroxyl groups excluding tert-OH is 2. The number of ether oxygens (including phenoxy) is 2. The first-order valence-corrected chi connectivity index (χ1v) is 7.50. The van der Waals surface area contributed by atoms with E-state index in [0.29, 0.717) is 0 Å². The van der Waals surface area contributed by atoms with Crippen molar-refractivity contribution in [2.24, 2.45) is 0 Å². The van der Waals surface area contributed by atoms with Crippen LogP contribution in [-0.2, 0) is 0 Å². The fourth-order valence-electron chi connectivity index (χ4n) is 1.74. The predicted octanol–water partition coefficient (Wildman–Crippen LogP) is 2.58. The Hall–Kier alpha value is -1.69. The van der Waals surface area contributed by atoms with Gasteiger partial charge < -0.3 is 19.7 Å².